The average molecular weight is 662 g/mol. The van der Waals surface area contributed by atoms with Gasteiger partial charge in [-0.05, 0) is 35.5 Å². The van der Waals surface area contributed by atoms with Crippen LogP contribution in [0.1, 0.15) is 47.5 Å². The van der Waals surface area contributed by atoms with Crippen LogP contribution in [0.2, 0.25) is 0 Å². The minimum atomic E-state index is -7.30. The first-order chi connectivity index (χ1) is 20.2. The molecule has 45 heavy (non-hydrogen) atoms. The lowest BCUT2D eigenvalue weighted by Gasteiger charge is -2.36. The number of likely N-dealkylation sites (tertiary alicyclic amines) is 1. The van der Waals surface area contributed by atoms with Gasteiger partial charge in [-0.25, -0.2) is 4.99 Å². The van der Waals surface area contributed by atoms with Crippen molar-refractivity contribution in [2.45, 2.75) is 83.5 Å². The van der Waals surface area contributed by atoms with E-state index < -0.39 is 82.3 Å². The number of aliphatic imine (C=N–C) groups is 1. The molecule has 2 unspecified atom stereocenters. The van der Waals surface area contributed by atoms with Crippen LogP contribution in [0.25, 0.3) is 0 Å². The van der Waals surface area contributed by atoms with Crippen LogP contribution in [0.3, 0.4) is 0 Å². The Morgan fingerprint density at radius 3 is 2.13 bits per heavy atom. The summed E-state index contributed by atoms with van der Waals surface area (Å²) in [5.41, 5.74) is -1.78. The molecule has 3 aliphatic rings. The summed E-state index contributed by atoms with van der Waals surface area (Å²) in [7, 11) is 0. The van der Waals surface area contributed by atoms with Gasteiger partial charge in [0.1, 0.15) is 12.1 Å². The molecule has 2 N–H and O–H groups in total. The van der Waals surface area contributed by atoms with Crippen LogP contribution in [0.4, 0.5) is 39.5 Å². The molecule has 0 spiro atoms. The van der Waals surface area contributed by atoms with Crippen LogP contribution < -0.4 is 10.6 Å². The molecule has 0 bridgehead atoms. The van der Waals surface area contributed by atoms with Gasteiger partial charge in [-0.2, -0.15) is 44.8 Å². The van der Waals surface area contributed by atoms with Gasteiger partial charge in [-0.1, -0.05) is 34.6 Å². The van der Waals surface area contributed by atoms with E-state index in [-0.39, 0.29) is 31.0 Å². The van der Waals surface area contributed by atoms with E-state index in [4.69, 9.17) is 0 Å². The van der Waals surface area contributed by atoms with Crippen LogP contribution in [-0.2, 0) is 19.2 Å². The Morgan fingerprint density at radius 1 is 1.09 bits per heavy atom. The van der Waals surface area contributed by atoms with Crippen LogP contribution in [0.5, 0.6) is 0 Å². The quantitative estimate of drug-likeness (QED) is 0.287. The van der Waals surface area contributed by atoms with E-state index in [9.17, 15) is 64.0 Å². The Labute approximate surface area is 251 Å². The Kier molecular flexibility index (Phi) is 9.18. The van der Waals surface area contributed by atoms with Gasteiger partial charge in [-0.15, -0.1) is 0 Å². The normalized spacial score (nSPS) is 26.6. The maximum Gasteiger partial charge on any atom is 0.460 e. The number of nitrogens with one attached hydrogen (secondary N) is 2. The van der Waals surface area contributed by atoms with E-state index in [1.807, 2.05) is 19.9 Å². The van der Waals surface area contributed by atoms with Crippen molar-refractivity contribution < 1.29 is 58.7 Å². The summed E-state index contributed by atoms with van der Waals surface area (Å²) in [5.74, 6) is -29.5. The number of rotatable bonds is 9. The lowest BCUT2D eigenvalue weighted by Crippen LogP contribution is -2.63. The summed E-state index contributed by atoms with van der Waals surface area (Å²) in [6, 6.07) is -0.458. The average Bonchev–Trinajstić information content (AvgIpc) is 3.24. The summed E-state index contributed by atoms with van der Waals surface area (Å²) < 4.78 is 120. The van der Waals surface area contributed by atoms with E-state index in [0.717, 1.165) is 4.90 Å². The molecule has 2 aliphatic heterocycles. The second-order valence-corrected chi connectivity index (χ2v) is 13.2. The SMILES string of the molecule is CC(C)(C)C(C=NC(=O)C(F)(F)C(F)(F)C(F)(F)C(F)(F)F)C(=O)N1C[C@H]2C([C@H]1C(=O)N[C@H](C#N)C[C@@H]1CCNC1=O)C2(C)C. The first kappa shape index (κ1) is 36.1. The lowest BCUT2D eigenvalue weighted by atomic mass is 9.80. The van der Waals surface area contributed by atoms with Crippen molar-refractivity contribution >= 4 is 29.8 Å². The largest absolute Gasteiger partial charge is 0.460 e. The smallest absolute Gasteiger partial charge is 0.356 e. The predicted octanol–water partition coefficient (Wildman–Crippen LogP) is 3.73. The zero-order valence-corrected chi connectivity index (χ0v) is 24.7. The van der Waals surface area contributed by atoms with Gasteiger partial charge in [-0.3, -0.25) is 19.2 Å². The van der Waals surface area contributed by atoms with Gasteiger partial charge < -0.3 is 15.5 Å². The fourth-order valence-corrected chi connectivity index (χ4v) is 5.94. The molecule has 4 amide bonds. The van der Waals surface area contributed by atoms with Crippen molar-refractivity contribution in [1.29, 1.82) is 5.26 Å². The van der Waals surface area contributed by atoms with Gasteiger partial charge in [0.2, 0.25) is 17.7 Å². The van der Waals surface area contributed by atoms with E-state index in [0.29, 0.717) is 13.0 Å². The Bertz CT molecular complexity index is 1300. The first-order valence-electron chi connectivity index (χ1n) is 13.8. The number of hydrogen-bond acceptors (Lipinski definition) is 5. The first-order valence-corrected chi connectivity index (χ1v) is 13.8. The minimum absolute atomic E-state index is 0.0160. The number of fused-ring (bicyclic) bond motifs is 1. The molecular formula is C27H32F9N5O4. The molecule has 2 saturated heterocycles. The highest BCUT2D eigenvalue weighted by atomic mass is 19.4. The van der Waals surface area contributed by atoms with Crippen molar-refractivity contribution in [3.05, 3.63) is 0 Å². The fraction of sp³-hybridized carbons (Fsp3) is 0.778. The molecule has 0 aromatic heterocycles. The standard InChI is InChI=1S/C27H32F9N5O4/c1-22(2,3)14(10-39-21(45)24(28,29)25(30,31)26(32,33)27(34,35)36)20(44)41-11-15-16(23(15,4)5)17(41)19(43)40-13(9-37)8-12-6-7-38-18(12)42/h10,12-17H,6-8,11H2,1-5H3,(H,38,42)(H,40,43)/t12-,13-,14?,15-,16?,17-/m0/s1. The zero-order chi connectivity index (χ0) is 34.7. The fourth-order valence-electron chi connectivity index (χ4n) is 5.94. The molecule has 6 atom stereocenters. The molecular weight excluding hydrogens is 629 g/mol. The number of hydrogen-bond donors (Lipinski definition) is 2. The monoisotopic (exact) mass is 661 g/mol. The van der Waals surface area contributed by atoms with Crippen LogP contribution in [0.15, 0.2) is 4.99 Å². The summed E-state index contributed by atoms with van der Waals surface area (Å²) in [4.78, 5) is 54.7. The molecule has 0 aromatic rings. The second-order valence-electron chi connectivity index (χ2n) is 13.2. The number of alkyl halides is 9. The van der Waals surface area contributed by atoms with E-state index in [1.54, 1.807) is 0 Å². The third-order valence-electron chi connectivity index (χ3n) is 8.87. The van der Waals surface area contributed by atoms with Crippen LogP contribution >= 0.6 is 0 Å². The molecule has 18 heteroatoms. The second kappa shape index (κ2) is 11.4. The summed E-state index contributed by atoms with van der Waals surface area (Å²) >= 11 is 0. The van der Waals surface area contributed by atoms with Gasteiger partial charge in [0.15, 0.2) is 0 Å². The van der Waals surface area contributed by atoms with Gasteiger partial charge in [0.25, 0.3) is 0 Å². The number of nitrogens with zero attached hydrogens (tertiary/aromatic N) is 3. The highest BCUT2D eigenvalue weighted by Crippen LogP contribution is 2.65. The Hall–Kier alpha value is -3.39. The summed E-state index contributed by atoms with van der Waals surface area (Å²) in [5, 5.41) is 14.7. The number of carbonyl (C=O) groups excluding carboxylic acids is 4. The van der Waals surface area contributed by atoms with Gasteiger partial charge in [0, 0.05) is 25.2 Å². The maximum absolute atomic E-state index is 14.1. The maximum atomic E-state index is 14.1. The summed E-state index contributed by atoms with van der Waals surface area (Å²) in [6.45, 7) is 7.98. The molecule has 9 nitrogen and oxygen atoms in total. The van der Waals surface area contributed by atoms with Crippen molar-refractivity contribution in [2.24, 2.45) is 39.5 Å². The topological polar surface area (TPSA) is 132 Å². The Morgan fingerprint density at radius 2 is 1.67 bits per heavy atom. The molecule has 3 fully saturated rings. The third-order valence-corrected chi connectivity index (χ3v) is 8.87. The van der Waals surface area contributed by atoms with Crippen molar-refractivity contribution in [1.82, 2.24) is 15.5 Å². The number of piperidine rings is 1. The van der Waals surface area contributed by atoms with Gasteiger partial charge in [0.05, 0.1) is 12.0 Å². The van der Waals surface area contributed by atoms with Crippen molar-refractivity contribution in [3.63, 3.8) is 0 Å². The highest BCUT2D eigenvalue weighted by Gasteiger charge is 2.84. The zero-order valence-electron chi connectivity index (χ0n) is 24.7. The van der Waals surface area contributed by atoms with Crippen molar-refractivity contribution in [2.75, 3.05) is 13.1 Å². The highest BCUT2D eigenvalue weighted by molar-refractivity contribution is 6.01. The third kappa shape index (κ3) is 6.23. The molecule has 2 heterocycles. The van der Waals surface area contributed by atoms with Crippen molar-refractivity contribution in [3.8, 4) is 6.07 Å². The van der Waals surface area contributed by atoms with Gasteiger partial charge >= 0.3 is 29.9 Å². The van der Waals surface area contributed by atoms with E-state index >= 15 is 0 Å². The minimum Gasteiger partial charge on any atom is -0.356 e. The number of amides is 4. The van der Waals surface area contributed by atoms with E-state index in [2.05, 4.69) is 15.6 Å². The van der Waals surface area contributed by atoms with E-state index in [1.165, 1.54) is 20.8 Å². The molecule has 1 aliphatic carbocycles. The Balaban J connectivity index is 1.87. The molecule has 3 rings (SSSR count). The lowest BCUT2D eigenvalue weighted by molar-refractivity contribution is -0.388. The summed E-state index contributed by atoms with van der Waals surface area (Å²) in [6.07, 6.45) is -6.55. The molecule has 0 radical (unpaired) electrons. The number of halogens is 9. The molecule has 1 saturated carbocycles. The number of carbonyl (C=O) groups is 4. The number of nitriles is 1. The van der Waals surface area contributed by atoms with Crippen LogP contribution in [0, 0.1) is 45.8 Å². The predicted molar refractivity (Wildman–Crippen MR) is 137 cm³/mol. The molecule has 252 valence electrons. The van der Waals surface area contributed by atoms with Crippen LogP contribution in [-0.4, -0.2) is 83.9 Å². The molecule has 0 aromatic carbocycles.